The van der Waals surface area contributed by atoms with Gasteiger partial charge in [-0.25, -0.2) is 4.98 Å². The van der Waals surface area contributed by atoms with Crippen LogP contribution in [0.25, 0.3) is 10.8 Å². The molecular weight excluding hydrogens is 240 g/mol. The molecule has 5 nitrogen and oxygen atoms in total. The Morgan fingerprint density at radius 1 is 1.32 bits per heavy atom. The SMILES string of the molecule is Nc1cc2ccnc(N)c2cc1CN1CCCC1=O. The lowest BCUT2D eigenvalue weighted by molar-refractivity contribution is -0.128. The molecule has 0 saturated carbocycles. The quantitative estimate of drug-likeness (QED) is 0.798. The smallest absolute Gasteiger partial charge is 0.222 e. The maximum atomic E-state index is 11.7. The van der Waals surface area contributed by atoms with Crippen LogP contribution in [0.4, 0.5) is 11.5 Å². The molecule has 1 saturated heterocycles. The summed E-state index contributed by atoms with van der Waals surface area (Å²) in [4.78, 5) is 17.6. The summed E-state index contributed by atoms with van der Waals surface area (Å²) in [6, 6.07) is 5.72. The number of hydrogen-bond acceptors (Lipinski definition) is 4. The van der Waals surface area contributed by atoms with E-state index in [1.807, 2.05) is 23.1 Å². The number of fused-ring (bicyclic) bond motifs is 1. The molecule has 1 aliphatic rings. The number of carbonyl (C=O) groups is 1. The van der Waals surface area contributed by atoms with Gasteiger partial charge in [0.15, 0.2) is 0 Å². The molecule has 2 aromatic rings. The molecule has 0 unspecified atom stereocenters. The molecule has 5 heteroatoms. The number of anilines is 2. The summed E-state index contributed by atoms with van der Waals surface area (Å²) in [6.45, 7) is 1.35. The van der Waals surface area contributed by atoms with E-state index in [0.717, 1.165) is 29.3 Å². The van der Waals surface area contributed by atoms with Gasteiger partial charge in [-0.15, -0.1) is 0 Å². The Bertz CT molecular complexity index is 653. The number of aromatic nitrogens is 1. The van der Waals surface area contributed by atoms with Crippen LogP contribution in [-0.2, 0) is 11.3 Å². The van der Waals surface area contributed by atoms with Crippen LogP contribution in [0.15, 0.2) is 24.4 Å². The average molecular weight is 256 g/mol. The first-order chi connectivity index (χ1) is 9.15. The fraction of sp³-hybridized carbons (Fsp3) is 0.286. The fourth-order valence-corrected chi connectivity index (χ4v) is 2.52. The average Bonchev–Trinajstić information content (AvgIpc) is 2.77. The standard InChI is InChI=1S/C14H16N4O/c15-12-7-9-3-4-17-14(16)11(9)6-10(12)8-18-5-1-2-13(18)19/h3-4,6-7H,1-2,5,8,15H2,(H2,16,17). The monoisotopic (exact) mass is 256 g/mol. The van der Waals surface area contributed by atoms with E-state index in [1.165, 1.54) is 0 Å². The number of carbonyl (C=O) groups excluding carboxylic acids is 1. The molecule has 1 fully saturated rings. The Morgan fingerprint density at radius 3 is 2.89 bits per heavy atom. The largest absolute Gasteiger partial charge is 0.398 e. The van der Waals surface area contributed by atoms with Crippen molar-refractivity contribution in [3.05, 3.63) is 30.0 Å². The summed E-state index contributed by atoms with van der Waals surface area (Å²) < 4.78 is 0. The van der Waals surface area contributed by atoms with E-state index in [0.29, 0.717) is 24.5 Å². The van der Waals surface area contributed by atoms with Crippen LogP contribution in [0, 0.1) is 0 Å². The first-order valence-electron chi connectivity index (χ1n) is 6.35. The zero-order valence-corrected chi connectivity index (χ0v) is 10.6. The first-order valence-corrected chi connectivity index (χ1v) is 6.35. The van der Waals surface area contributed by atoms with Gasteiger partial charge in [-0.1, -0.05) is 0 Å². The lowest BCUT2D eigenvalue weighted by Crippen LogP contribution is -2.24. The van der Waals surface area contributed by atoms with Gasteiger partial charge in [0.1, 0.15) is 5.82 Å². The summed E-state index contributed by atoms with van der Waals surface area (Å²) in [5, 5.41) is 1.86. The van der Waals surface area contributed by atoms with Crippen molar-refractivity contribution in [3.63, 3.8) is 0 Å². The van der Waals surface area contributed by atoms with Crippen LogP contribution < -0.4 is 11.5 Å². The highest BCUT2D eigenvalue weighted by Gasteiger charge is 2.21. The van der Waals surface area contributed by atoms with Gasteiger partial charge >= 0.3 is 0 Å². The maximum absolute atomic E-state index is 11.7. The van der Waals surface area contributed by atoms with E-state index in [2.05, 4.69) is 4.98 Å². The van der Waals surface area contributed by atoms with Crippen molar-refractivity contribution in [1.29, 1.82) is 0 Å². The van der Waals surface area contributed by atoms with Crippen LogP contribution in [0.1, 0.15) is 18.4 Å². The number of benzene rings is 1. The Balaban J connectivity index is 2.01. The number of nitrogen functional groups attached to an aromatic ring is 2. The normalized spacial score (nSPS) is 15.4. The van der Waals surface area contributed by atoms with Crippen LogP contribution in [0.2, 0.25) is 0 Å². The lowest BCUT2D eigenvalue weighted by atomic mass is 10.1. The highest BCUT2D eigenvalue weighted by molar-refractivity contribution is 5.93. The molecule has 0 spiro atoms. The van der Waals surface area contributed by atoms with Crippen molar-refractivity contribution in [2.45, 2.75) is 19.4 Å². The Morgan fingerprint density at radius 2 is 2.16 bits per heavy atom. The Hall–Kier alpha value is -2.30. The summed E-state index contributed by atoms with van der Waals surface area (Å²) in [7, 11) is 0. The van der Waals surface area contributed by atoms with Crippen molar-refractivity contribution in [2.75, 3.05) is 18.0 Å². The van der Waals surface area contributed by atoms with Gasteiger partial charge in [-0.05, 0) is 35.6 Å². The summed E-state index contributed by atoms with van der Waals surface area (Å²) in [5.41, 5.74) is 13.6. The van der Waals surface area contributed by atoms with E-state index in [4.69, 9.17) is 11.5 Å². The zero-order valence-electron chi connectivity index (χ0n) is 10.6. The molecule has 1 aliphatic heterocycles. The second-order valence-corrected chi connectivity index (χ2v) is 4.89. The zero-order chi connectivity index (χ0) is 13.4. The van der Waals surface area contributed by atoms with Crippen molar-refractivity contribution in [2.24, 2.45) is 0 Å². The van der Waals surface area contributed by atoms with Crippen molar-refractivity contribution >= 4 is 28.2 Å². The van der Waals surface area contributed by atoms with E-state index in [1.54, 1.807) is 6.20 Å². The van der Waals surface area contributed by atoms with Gasteiger partial charge < -0.3 is 16.4 Å². The second-order valence-electron chi connectivity index (χ2n) is 4.89. The first kappa shape index (κ1) is 11.8. The lowest BCUT2D eigenvalue weighted by Gasteiger charge is -2.17. The maximum Gasteiger partial charge on any atom is 0.222 e. The van der Waals surface area contributed by atoms with Gasteiger partial charge in [-0.3, -0.25) is 4.79 Å². The molecule has 0 atom stereocenters. The van der Waals surface area contributed by atoms with E-state index in [9.17, 15) is 4.79 Å². The minimum atomic E-state index is 0.193. The number of nitrogens with zero attached hydrogens (tertiary/aromatic N) is 2. The summed E-state index contributed by atoms with van der Waals surface area (Å²) >= 11 is 0. The van der Waals surface area contributed by atoms with Crippen LogP contribution in [0.5, 0.6) is 0 Å². The molecule has 2 heterocycles. The molecule has 98 valence electrons. The molecular formula is C14H16N4O. The molecule has 0 aliphatic carbocycles. The predicted molar refractivity (Wildman–Crippen MR) is 75.2 cm³/mol. The molecule has 19 heavy (non-hydrogen) atoms. The number of rotatable bonds is 2. The molecule has 1 aromatic heterocycles. The van der Waals surface area contributed by atoms with Crippen LogP contribution in [-0.4, -0.2) is 22.3 Å². The Kier molecular flexibility index (Phi) is 2.74. The van der Waals surface area contributed by atoms with Gasteiger partial charge in [0.05, 0.1) is 0 Å². The molecule has 0 radical (unpaired) electrons. The van der Waals surface area contributed by atoms with Gasteiger partial charge in [0.25, 0.3) is 0 Å². The van der Waals surface area contributed by atoms with Crippen molar-refractivity contribution in [1.82, 2.24) is 9.88 Å². The minimum Gasteiger partial charge on any atom is -0.398 e. The number of pyridine rings is 1. The molecule has 3 rings (SSSR count). The number of amides is 1. The second kappa shape index (κ2) is 4.42. The Labute approximate surface area is 111 Å². The molecule has 4 N–H and O–H groups in total. The highest BCUT2D eigenvalue weighted by Crippen LogP contribution is 2.26. The molecule has 1 amide bonds. The third-order valence-electron chi connectivity index (χ3n) is 3.59. The van der Waals surface area contributed by atoms with Gasteiger partial charge in [0.2, 0.25) is 5.91 Å². The fourth-order valence-electron chi connectivity index (χ4n) is 2.52. The van der Waals surface area contributed by atoms with Crippen molar-refractivity contribution in [3.8, 4) is 0 Å². The number of hydrogen-bond donors (Lipinski definition) is 2. The topological polar surface area (TPSA) is 85.2 Å². The predicted octanol–water partition coefficient (Wildman–Crippen LogP) is 1.52. The van der Waals surface area contributed by atoms with E-state index >= 15 is 0 Å². The molecule has 1 aromatic carbocycles. The van der Waals surface area contributed by atoms with Crippen LogP contribution >= 0.6 is 0 Å². The van der Waals surface area contributed by atoms with Gasteiger partial charge in [0, 0.05) is 36.8 Å². The highest BCUT2D eigenvalue weighted by atomic mass is 16.2. The third kappa shape index (κ3) is 2.07. The third-order valence-corrected chi connectivity index (χ3v) is 3.59. The van der Waals surface area contributed by atoms with E-state index < -0.39 is 0 Å². The summed E-state index contributed by atoms with van der Waals surface area (Å²) in [6.07, 6.45) is 3.23. The summed E-state index contributed by atoms with van der Waals surface area (Å²) in [5.74, 6) is 0.685. The van der Waals surface area contributed by atoms with Crippen LogP contribution in [0.3, 0.4) is 0 Å². The minimum absolute atomic E-state index is 0.193. The van der Waals surface area contributed by atoms with Gasteiger partial charge in [-0.2, -0.15) is 0 Å². The van der Waals surface area contributed by atoms with Crippen molar-refractivity contribution < 1.29 is 4.79 Å². The van der Waals surface area contributed by atoms with E-state index in [-0.39, 0.29) is 5.91 Å². The number of likely N-dealkylation sites (tertiary alicyclic amines) is 1. The molecule has 0 bridgehead atoms. The number of nitrogens with two attached hydrogens (primary N) is 2.